The van der Waals surface area contributed by atoms with Crippen molar-refractivity contribution in [2.24, 2.45) is 0 Å². The Bertz CT molecular complexity index is 486. The Morgan fingerprint density at radius 3 is 2.53 bits per heavy atom. The average Bonchev–Trinajstić information content (AvgIpc) is 2.85. The summed E-state index contributed by atoms with van der Waals surface area (Å²) in [7, 11) is 0. The van der Waals surface area contributed by atoms with Crippen molar-refractivity contribution < 1.29 is 14.2 Å². The Morgan fingerprint density at radius 1 is 1.21 bits per heavy atom. The van der Waals surface area contributed by atoms with Gasteiger partial charge in [-0.1, -0.05) is 15.9 Å². The highest BCUT2D eigenvalue weighted by Gasteiger charge is 2.39. The van der Waals surface area contributed by atoms with Gasteiger partial charge in [0, 0.05) is 11.1 Å². The van der Waals surface area contributed by atoms with Crippen LogP contribution < -0.4 is 9.47 Å². The molecule has 0 N–H and O–H groups in total. The topological polar surface area (TPSA) is 27.7 Å². The number of fused-ring (bicyclic) bond motifs is 1. The second-order valence-electron chi connectivity index (χ2n) is 5.14. The number of benzene rings is 1. The van der Waals surface area contributed by atoms with Crippen molar-refractivity contribution in [3.8, 4) is 11.5 Å². The van der Waals surface area contributed by atoms with Gasteiger partial charge in [0.05, 0.1) is 11.0 Å². The molecular weight excluding hydrogens is 332 g/mol. The Kier molecular flexibility index (Phi) is 3.67. The summed E-state index contributed by atoms with van der Waals surface area (Å²) in [5.74, 6) is 1.53. The summed E-state index contributed by atoms with van der Waals surface area (Å²) in [4.78, 5) is 0. The molecule has 104 valence electrons. The summed E-state index contributed by atoms with van der Waals surface area (Å²) in [6.07, 6.45) is 2.03. The zero-order chi connectivity index (χ0) is 13.5. The van der Waals surface area contributed by atoms with Gasteiger partial charge < -0.3 is 14.2 Å². The second kappa shape index (κ2) is 5.15. The molecule has 5 heteroatoms. The van der Waals surface area contributed by atoms with Crippen LogP contribution in [-0.2, 0) is 4.74 Å². The monoisotopic (exact) mass is 346 g/mol. The highest BCUT2D eigenvalue weighted by molar-refractivity contribution is 9.10. The van der Waals surface area contributed by atoms with Crippen molar-refractivity contribution in [2.45, 2.75) is 30.7 Å². The summed E-state index contributed by atoms with van der Waals surface area (Å²) in [5.41, 5.74) is 0.684. The van der Waals surface area contributed by atoms with Gasteiger partial charge in [0.25, 0.3) is 0 Å². The third-order valence-electron chi connectivity index (χ3n) is 3.72. The van der Waals surface area contributed by atoms with E-state index in [2.05, 4.69) is 22.9 Å². The quantitative estimate of drug-likeness (QED) is 0.755. The van der Waals surface area contributed by atoms with E-state index < -0.39 is 0 Å². The fraction of sp³-hybridized carbons (Fsp3) is 0.571. The van der Waals surface area contributed by atoms with Crippen LogP contribution in [0, 0.1) is 0 Å². The molecule has 2 aliphatic heterocycles. The van der Waals surface area contributed by atoms with Gasteiger partial charge in [-0.15, -0.1) is 11.6 Å². The first-order valence-electron chi connectivity index (χ1n) is 6.47. The zero-order valence-corrected chi connectivity index (χ0v) is 13.1. The molecular formula is C14H16BrClO3. The van der Waals surface area contributed by atoms with Crippen LogP contribution in [0.5, 0.6) is 11.5 Å². The molecule has 2 atom stereocenters. The Labute approximate surface area is 126 Å². The second-order valence-corrected chi connectivity index (χ2v) is 6.44. The third-order valence-corrected chi connectivity index (χ3v) is 5.10. The standard InChI is InChI=1S/C14H16BrClO3/c1-14(3-2-4-19-14)13(16)9-7-11-12(8-10(9)15)18-6-5-17-11/h7-8,13H,2-6H2,1H3. The molecule has 2 aliphatic rings. The van der Waals surface area contributed by atoms with E-state index in [4.69, 9.17) is 25.8 Å². The van der Waals surface area contributed by atoms with Gasteiger partial charge in [0.15, 0.2) is 11.5 Å². The maximum absolute atomic E-state index is 6.65. The van der Waals surface area contributed by atoms with E-state index in [9.17, 15) is 0 Å². The maximum atomic E-state index is 6.65. The van der Waals surface area contributed by atoms with Crippen LogP contribution >= 0.6 is 27.5 Å². The number of rotatable bonds is 2. The van der Waals surface area contributed by atoms with E-state index in [0.717, 1.165) is 41.0 Å². The van der Waals surface area contributed by atoms with E-state index >= 15 is 0 Å². The van der Waals surface area contributed by atoms with Crippen LogP contribution in [0.3, 0.4) is 0 Å². The molecule has 1 aromatic carbocycles. The van der Waals surface area contributed by atoms with Gasteiger partial charge in [-0.3, -0.25) is 0 Å². The van der Waals surface area contributed by atoms with Crippen LogP contribution in [-0.4, -0.2) is 25.4 Å². The number of hydrogen-bond acceptors (Lipinski definition) is 3. The van der Waals surface area contributed by atoms with Crippen LogP contribution in [0.4, 0.5) is 0 Å². The summed E-state index contributed by atoms with van der Waals surface area (Å²) >= 11 is 10.2. The lowest BCUT2D eigenvalue weighted by atomic mass is 9.92. The Morgan fingerprint density at radius 2 is 1.89 bits per heavy atom. The van der Waals surface area contributed by atoms with Crippen molar-refractivity contribution in [1.29, 1.82) is 0 Å². The van der Waals surface area contributed by atoms with Gasteiger partial charge in [0.2, 0.25) is 0 Å². The molecule has 0 bridgehead atoms. The minimum atomic E-state index is -0.312. The molecule has 2 heterocycles. The van der Waals surface area contributed by atoms with E-state index in [0.29, 0.717) is 13.2 Å². The molecule has 0 radical (unpaired) electrons. The average molecular weight is 348 g/mol. The lowest BCUT2D eigenvalue weighted by molar-refractivity contribution is 0.0162. The first-order valence-corrected chi connectivity index (χ1v) is 7.70. The molecule has 1 saturated heterocycles. The number of alkyl halides is 1. The number of ether oxygens (including phenoxy) is 3. The summed E-state index contributed by atoms with van der Waals surface area (Å²) in [6.45, 7) is 4.02. The summed E-state index contributed by atoms with van der Waals surface area (Å²) in [5, 5.41) is -0.208. The molecule has 1 aromatic rings. The van der Waals surface area contributed by atoms with Crippen LogP contribution in [0.2, 0.25) is 0 Å². The summed E-state index contributed by atoms with van der Waals surface area (Å²) < 4.78 is 17.9. The predicted molar refractivity (Wildman–Crippen MR) is 77.3 cm³/mol. The molecule has 0 aromatic heterocycles. The molecule has 0 saturated carbocycles. The minimum Gasteiger partial charge on any atom is -0.486 e. The normalized spacial score (nSPS) is 27.3. The van der Waals surface area contributed by atoms with E-state index in [-0.39, 0.29) is 11.0 Å². The highest BCUT2D eigenvalue weighted by atomic mass is 79.9. The van der Waals surface area contributed by atoms with Gasteiger partial charge >= 0.3 is 0 Å². The number of halogens is 2. The van der Waals surface area contributed by atoms with Gasteiger partial charge in [0.1, 0.15) is 13.2 Å². The Hall–Kier alpha value is -0.450. The molecule has 2 unspecified atom stereocenters. The molecule has 0 aliphatic carbocycles. The van der Waals surface area contributed by atoms with Crippen LogP contribution in [0.15, 0.2) is 16.6 Å². The fourth-order valence-corrected chi connectivity index (χ4v) is 3.64. The molecule has 19 heavy (non-hydrogen) atoms. The largest absolute Gasteiger partial charge is 0.486 e. The van der Waals surface area contributed by atoms with Gasteiger partial charge in [-0.25, -0.2) is 0 Å². The summed E-state index contributed by atoms with van der Waals surface area (Å²) in [6, 6.07) is 3.89. The lowest BCUT2D eigenvalue weighted by Crippen LogP contribution is -2.29. The van der Waals surface area contributed by atoms with E-state index in [1.54, 1.807) is 0 Å². The van der Waals surface area contributed by atoms with Crippen molar-refractivity contribution >= 4 is 27.5 Å². The maximum Gasteiger partial charge on any atom is 0.162 e. The first-order chi connectivity index (χ1) is 9.10. The minimum absolute atomic E-state index is 0.208. The van der Waals surface area contributed by atoms with Crippen LogP contribution in [0.1, 0.15) is 30.7 Å². The van der Waals surface area contributed by atoms with E-state index in [1.165, 1.54) is 0 Å². The molecule has 1 fully saturated rings. The zero-order valence-electron chi connectivity index (χ0n) is 10.7. The molecule has 3 nitrogen and oxygen atoms in total. The predicted octanol–water partition coefficient (Wildman–Crippen LogP) is 4.07. The SMILES string of the molecule is CC1(C(Cl)c2cc3c(cc2Br)OCCO3)CCCO1. The smallest absolute Gasteiger partial charge is 0.162 e. The van der Waals surface area contributed by atoms with Gasteiger partial charge in [-0.2, -0.15) is 0 Å². The van der Waals surface area contributed by atoms with Crippen molar-refractivity contribution in [2.75, 3.05) is 19.8 Å². The fourth-order valence-electron chi connectivity index (χ4n) is 2.60. The Balaban J connectivity index is 1.95. The van der Waals surface area contributed by atoms with Crippen molar-refractivity contribution in [3.05, 3.63) is 22.2 Å². The first kappa shape index (κ1) is 13.5. The highest BCUT2D eigenvalue weighted by Crippen LogP contribution is 2.47. The van der Waals surface area contributed by atoms with Crippen LogP contribution in [0.25, 0.3) is 0 Å². The van der Waals surface area contributed by atoms with Crippen molar-refractivity contribution in [1.82, 2.24) is 0 Å². The molecule has 3 rings (SSSR count). The number of hydrogen-bond donors (Lipinski definition) is 0. The van der Waals surface area contributed by atoms with Crippen molar-refractivity contribution in [3.63, 3.8) is 0 Å². The molecule has 0 spiro atoms. The van der Waals surface area contributed by atoms with Gasteiger partial charge in [-0.05, 0) is 37.5 Å². The van der Waals surface area contributed by atoms with E-state index in [1.807, 2.05) is 12.1 Å². The third kappa shape index (κ3) is 2.46. The molecule has 0 amide bonds. The lowest BCUT2D eigenvalue weighted by Gasteiger charge is -2.30.